The van der Waals surface area contributed by atoms with Gasteiger partial charge in [-0.25, -0.2) is 0 Å². The molecule has 0 fully saturated rings. The minimum atomic E-state index is 0.180. The van der Waals surface area contributed by atoms with Crippen molar-refractivity contribution >= 4 is 0 Å². The monoisotopic (exact) mass is 209 g/mol. The smallest absolute Gasteiger partial charge is 0.119 e. The van der Waals surface area contributed by atoms with Gasteiger partial charge in [-0.15, -0.1) is 0 Å². The van der Waals surface area contributed by atoms with E-state index >= 15 is 0 Å². The molecule has 0 radical (unpaired) electrons. The predicted octanol–water partition coefficient (Wildman–Crippen LogP) is 1.60. The standard InChI is InChI=1S/C12H19NO2/c1-10(13)8-11-4-3-5-12(9-11)15-7-6-14-2/h3-5,9-10H,6-8,13H2,1-2H3. The number of hydrogen-bond acceptors (Lipinski definition) is 3. The van der Waals surface area contributed by atoms with Gasteiger partial charge in [-0.2, -0.15) is 0 Å². The third-order valence-corrected chi connectivity index (χ3v) is 2.01. The highest BCUT2D eigenvalue weighted by molar-refractivity contribution is 5.28. The zero-order valence-corrected chi connectivity index (χ0v) is 9.40. The summed E-state index contributed by atoms with van der Waals surface area (Å²) in [6, 6.07) is 8.20. The summed E-state index contributed by atoms with van der Waals surface area (Å²) in [6.45, 7) is 3.19. The van der Waals surface area contributed by atoms with E-state index in [9.17, 15) is 0 Å². The van der Waals surface area contributed by atoms with Crippen molar-refractivity contribution in [2.24, 2.45) is 5.73 Å². The second kappa shape index (κ2) is 6.43. The van der Waals surface area contributed by atoms with E-state index in [0.717, 1.165) is 12.2 Å². The van der Waals surface area contributed by atoms with Gasteiger partial charge >= 0.3 is 0 Å². The zero-order valence-electron chi connectivity index (χ0n) is 9.40. The van der Waals surface area contributed by atoms with Crippen LogP contribution in [0.1, 0.15) is 12.5 Å². The first kappa shape index (κ1) is 12.0. The van der Waals surface area contributed by atoms with Crippen LogP contribution < -0.4 is 10.5 Å². The van der Waals surface area contributed by atoms with Crippen LogP contribution in [0.2, 0.25) is 0 Å². The van der Waals surface area contributed by atoms with Crippen LogP contribution in [0.15, 0.2) is 24.3 Å². The molecule has 84 valence electrons. The molecule has 1 aromatic rings. The minimum absolute atomic E-state index is 0.180. The Bertz CT molecular complexity index is 287. The average Bonchev–Trinajstić information content (AvgIpc) is 2.18. The van der Waals surface area contributed by atoms with Crippen molar-refractivity contribution in [1.82, 2.24) is 0 Å². The Balaban J connectivity index is 2.50. The maximum absolute atomic E-state index is 5.74. The van der Waals surface area contributed by atoms with Crippen molar-refractivity contribution < 1.29 is 9.47 Å². The number of nitrogens with two attached hydrogens (primary N) is 1. The summed E-state index contributed by atoms with van der Waals surface area (Å²) >= 11 is 0. The van der Waals surface area contributed by atoms with Crippen molar-refractivity contribution in [3.63, 3.8) is 0 Å². The molecule has 0 bridgehead atoms. The molecule has 0 saturated carbocycles. The van der Waals surface area contributed by atoms with Crippen LogP contribution in [0.4, 0.5) is 0 Å². The highest BCUT2D eigenvalue weighted by Crippen LogP contribution is 2.14. The van der Waals surface area contributed by atoms with Gasteiger partial charge in [0.25, 0.3) is 0 Å². The van der Waals surface area contributed by atoms with E-state index in [4.69, 9.17) is 15.2 Å². The molecule has 1 atom stereocenters. The van der Waals surface area contributed by atoms with Crippen LogP contribution in [0.25, 0.3) is 0 Å². The molecule has 3 heteroatoms. The fourth-order valence-electron chi connectivity index (χ4n) is 1.38. The molecule has 0 aliphatic rings. The lowest BCUT2D eigenvalue weighted by molar-refractivity contribution is 0.146. The Morgan fingerprint density at radius 2 is 2.13 bits per heavy atom. The molecule has 0 spiro atoms. The summed E-state index contributed by atoms with van der Waals surface area (Å²) in [5, 5.41) is 0. The van der Waals surface area contributed by atoms with Gasteiger partial charge in [-0.1, -0.05) is 12.1 Å². The van der Waals surface area contributed by atoms with Gasteiger partial charge in [0.15, 0.2) is 0 Å². The Morgan fingerprint density at radius 1 is 1.33 bits per heavy atom. The molecular formula is C12H19NO2. The molecule has 2 N–H and O–H groups in total. The summed E-state index contributed by atoms with van der Waals surface area (Å²) in [4.78, 5) is 0. The normalized spacial score (nSPS) is 12.5. The third-order valence-electron chi connectivity index (χ3n) is 2.01. The lowest BCUT2D eigenvalue weighted by atomic mass is 10.1. The quantitative estimate of drug-likeness (QED) is 0.724. The fraction of sp³-hybridized carbons (Fsp3) is 0.500. The van der Waals surface area contributed by atoms with Crippen LogP contribution in [-0.4, -0.2) is 26.4 Å². The maximum Gasteiger partial charge on any atom is 0.119 e. The molecule has 0 heterocycles. The Hall–Kier alpha value is -1.06. The molecule has 0 aliphatic carbocycles. The van der Waals surface area contributed by atoms with Crippen molar-refractivity contribution in [3.8, 4) is 5.75 Å². The van der Waals surface area contributed by atoms with E-state index in [1.807, 2.05) is 25.1 Å². The number of ether oxygens (including phenoxy) is 2. The van der Waals surface area contributed by atoms with Gasteiger partial charge in [0.2, 0.25) is 0 Å². The molecule has 15 heavy (non-hydrogen) atoms. The molecule has 1 rings (SSSR count). The molecule has 0 aromatic heterocycles. The highest BCUT2D eigenvalue weighted by Gasteiger charge is 1.99. The summed E-state index contributed by atoms with van der Waals surface area (Å²) in [6.07, 6.45) is 0.876. The summed E-state index contributed by atoms with van der Waals surface area (Å²) in [7, 11) is 1.66. The molecule has 3 nitrogen and oxygen atoms in total. The molecule has 0 saturated heterocycles. The second-order valence-electron chi connectivity index (χ2n) is 3.67. The van der Waals surface area contributed by atoms with Gasteiger partial charge < -0.3 is 15.2 Å². The Morgan fingerprint density at radius 3 is 2.80 bits per heavy atom. The lowest BCUT2D eigenvalue weighted by Crippen LogP contribution is -2.17. The van der Waals surface area contributed by atoms with Gasteiger partial charge in [0.1, 0.15) is 12.4 Å². The topological polar surface area (TPSA) is 44.5 Å². The van der Waals surface area contributed by atoms with Crippen LogP contribution in [-0.2, 0) is 11.2 Å². The third kappa shape index (κ3) is 4.81. The van der Waals surface area contributed by atoms with E-state index in [2.05, 4.69) is 6.07 Å². The van der Waals surface area contributed by atoms with E-state index in [-0.39, 0.29) is 6.04 Å². The lowest BCUT2D eigenvalue weighted by Gasteiger charge is -2.09. The maximum atomic E-state index is 5.74. The number of methoxy groups -OCH3 is 1. The molecule has 0 amide bonds. The Kier molecular flexibility index (Phi) is 5.15. The zero-order chi connectivity index (χ0) is 11.1. The van der Waals surface area contributed by atoms with Crippen molar-refractivity contribution in [1.29, 1.82) is 0 Å². The first-order valence-electron chi connectivity index (χ1n) is 5.18. The van der Waals surface area contributed by atoms with Crippen molar-refractivity contribution in [3.05, 3.63) is 29.8 Å². The molecular weight excluding hydrogens is 190 g/mol. The largest absolute Gasteiger partial charge is 0.491 e. The van der Waals surface area contributed by atoms with Crippen molar-refractivity contribution in [2.75, 3.05) is 20.3 Å². The summed E-state index contributed by atoms with van der Waals surface area (Å²) < 4.78 is 10.4. The Labute approximate surface area is 91.2 Å². The van der Waals surface area contributed by atoms with Gasteiger partial charge in [0, 0.05) is 13.2 Å². The predicted molar refractivity (Wildman–Crippen MR) is 61.2 cm³/mol. The van der Waals surface area contributed by atoms with Gasteiger partial charge in [-0.05, 0) is 31.0 Å². The highest BCUT2D eigenvalue weighted by atomic mass is 16.5. The second-order valence-corrected chi connectivity index (χ2v) is 3.67. The molecule has 1 aromatic carbocycles. The van der Waals surface area contributed by atoms with E-state index < -0.39 is 0 Å². The van der Waals surface area contributed by atoms with Crippen LogP contribution in [0, 0.1) is 0 Å². The van der Waals surface area contributed by atoms with Crippen molar-refractivity contribution in [2.45, 2.75) is 19.4 Å². The summed E-state index contributed by atoms with van der Waals surface area (Å²) in [5.41, 5.74) is 6.94. The van der Waals surface area contributed by atoms with E-state index in [1.165, 1.54) is 5.56 Å². The van der Waals surface area contributed by atoms with E-state index in [0.29, 0.717) is 13.2 Å². The number of hydrogen-bond donors (Lipinski definition) is 1. The van der Waals surface area contributed by atoms with Crippen LogP contribution in [0.3, 0.4) is 0 Å². The number of benzene rings is 1. The summed E-state index contributed by atoms with van der Waals surface area (Å²) in [5.74, 6) is 0.880. The first-order valence-corrected chi connectivity index (χ1v) is 5.18. The van der Waals surface area contributed by atoms with Crippen LogP contribution in [0.5, 0.6) is 5.75 Å². The number of rotatable bonds is 6. The minimum Gasteiger partial charge on any atom is -0.491 e. The fourth-order valence-corrected chi connectivity index (χ4v) is 1.38. The molecule has 1 unspecified atom stereocenters. The van der Waals surface area contributed by atoms with E-state index in [1.54, 1.807) is 7.11 Å². The van der Waals surface area contributed by atoms with Gasteiger partial charge in [0.05, 0.1) is 6.61 Å². The van der Waals surface area contributed by atoms with Gasteiger partial charge in [-0.3, -0.25) is 0 Å². The average molecular weight is 209 g/mol. The first-order chi connectivity index (χ1) is 7.22. The molecule has 0 aliphatic heterocycles. The van der Waals surface area contributed by atoms with Crippen LogP contribution >= 0.6 is 0 Å². The SMILES string of the molecule is COCCOc1cccc(CC(C)N)c1.